The number of nitrogens with one attached hydrogen (secondary N) is 1. The smallest absolute Gasteiger partial charge is 0.154 e. The molecule has 0 amide bonds. The number of rotatable bonds is 7. The minimum Gasteiger partial charge on any atom is -0.383 e. The SMILES string of the molecule is Cc1cc2c(N)nccc2c(C)c1CNc1nccc2cn(Cc3ccc(Cn4cccn4)cc3)nc12. The minimum absolute atomic E-state index is 0.563. The highest BCUT2D eigenvalue weighted by atomic mass is 15.3. The molecule has 4 aromatic heterocycles. The number of hydrogen-bond acceptors (Lipinski definition) is 6. The predicted octanol–water partition coefficient (Wildman–Crippen LogP) is 5.08. The third-order valence-electron chi connectivity index (χ3n) is 6.89. The maximum absolute atomic E-state index is 6.11. The van der Waals surface area contributed by atoms with Crippen molar-refractivity contribution in [2.45, 2.75) is 33.5 Å². The first-order valence-corrected chi connectivity index (χ1v) is 12.3. The molecule has 0 radical (unpaired) electrons. The van der Waals surface area contributed by atoms with Crippen LogP contribution >= 0.6 is 0 Å². The van der Waals surface area contributed by atoms with E-state index in [0.717, 1.165) is 34.0 Å². The standard InChI is InChI=1S/C29H28N8/c1-19-14-25-24(9-12-31-28(25)30)20(2)26(19)15-33-29-27-23(8-11-32-29)18-37(35-27)17-22-6-4-21(5-7-22)16-36-13-3-10-34-36/h3-14,18H,15-17H2,1-2H3,(H2,30,31)(H,32,33). The van der Waals surface area contributed by atoms with E-state index in [1.54, 1.807) is 12.4 Å². The average Bonchev–Trinajstić information content (AvgIpc) is 3.56. The summed E-state index contributed by atoms with van der Waals surface area (Å²) in [6.45, 7) is 6.34. The van der Waals surface area contributed by atoms with Gasteiger partial charge in [0.05, 0.1) is 13.1 Å². The van der Waals surface area contributed by atoms with Crippen LogP contribution < -0.4 is 11.1 Å². The Bertz CT molecular complexity index is 1700. The number of fused-ring (bicyclic) bond motifs is 2. The second kappa shape index (κ2) is 9.39. The largest absolute Gasteiger partial charge is 0.383 e. The molecule has 0 saturated carbocycles. The van der Waals surface area contributed by atoms with Gasteiger partial charge in [-0.15, -0.1) is 0 Å². The molecule has 0 atom stereocenters. The lowest BCUT2D eigenvalue weighted by Crippen LogP contribution is -2.07. The Hall–Kier alpha value is -4.72. The molecule has 184 valence electrons. The molecule has 37 heavy (non-hydrogen) atoms. The van der Waals surface area contributed by atoms with Crippen molar-refractivity contribution in [1.29, 1.82) is 0 Å². The summed E-state index contributed by atoms with van der Waals surface area (Å²) in [5.41, 5.74) is 13.0. The second-order valence-corrected chi connectivity index (χ2v) is 9.39. The van der Waals surface area contributed by atoms with Crippen molar-refractivity contribution in [2.24, 2.45) is 0 Å². The molecule has 0 aliphatic rings. The summed E-state index contributed by atoms with van der Waals surface area (Å²) in [5, 5.41) is 15.8. The van der Waals surface area contributed by atoms with Gasteiger partial charge in [-0.1, -0.05) is 24.3 Å². The fourth-order valence-electron chi connectivity index (χ4n) is 4.90. The van der Waals surface area contributed by atoms with Gasteiger partial charge in [0, 0.05) is 48.3 Å². The van der Waals surface area contributed by atoms with Gasteiger partial charge >= 0.3 is 0 Å². The van der Waals surface area contributed by atoms with Crippen molar-refractivity contribution in [2.75, 3.05) is 11.1 Å². The molecular formula is C29H28N8. The Morgan fingerprint density at radius 3 is 2.38 bits per heavy atom. The van der Waals surface area contributed by atoms with Gasteiger partial charge in [0.2, 0.25) is 0 Å². The molecule has 0 fully saturated rings. The third-order valence-corrected chi connectivity index (χ3v) is 6.89. The number of nitrogens with zero attached hydrogens (tertiary/aromatic N) is 6. The van der Waals surface area contributed by atoms with Gasteiger partial charge in [-0.05, 0) is 71.3 Å². The molecule has 2 aromatic carbocycles. The van der Waals surface area contributed by atoms with Crippen molar-refractivity contribution in [1.82, 2.24) is 29.5 Å². The molecule has 0 unspecified atom stereocenters. The molecular weight excluding hydrogens is 460 g/mol. The second-order valence-electron chi connectivity index (χ2n) is 9.39. The Labute approximate surface area is 214 Å². The van der Waals surface area contributed by atoms with Crippen molar-refractivity contribution in [3.63, 3.8) is 0 Å². The van der Waals surface area contributed by atoms with Crippen molar-refractivity contribution >= 4 is 33.3 Å². The van der Waals surface area contributed by atoms with Gasteiger partial charge in [-0.25, -0.2) is 9.97 Å². The van der Waals surface area contributed by atoms with E-state index in [1.807, 2.05) is 40.0 Å². The molecule has 4 heterocycles. The first-order chi connectivity index (χ1) is 18.0. The molecule has 6 rings (SSSR count). The van der Waals surface area contributed by atoms with E-state index in [4.69, 9.17) is 10.8 Å². The molecule has 8 nitrogen and oxygen atoms in total. The van der Waals surface area contributed by atoms with Gasteiger partial charge in [0.15, 0.2) is 5.82 Å². The summed E-state index contributed by atoms with van der Waals surface area (Å²) < 4.78 is 3.90. The number of pyridine rings is 2. The van der Waals surface area contributed by atoms with Gasteiger partial charge in [0.25, 0.3) is 0 Å². The average molecular weight is 489 g/mol. The minimum atomic E-state index is 0.563. The van der Waals surface area contributed by atoms with Crippen LogP contribution in [0.1, 0.15) is 27.8 Å². The van der Waals surface area contributed by atoms with Crippen LogP contribution in [0.15, 0.2) is 79.5 Å². The van der Waals surface area contributed by atoms with Gasteiger partial charge in [-0.3, -0.25) is 9.36 Å². The van der Waals surface area contributed by atoms with Crippen LogP contribution in [-0.2, 0) is 19.6 Å². The maximum atomic E-state index is 6.11. The molecule has 6 aromatic rings. The van der Waals surface area contributed by atoms with Crippen LogP contribution in [-0.4, -0.2) is 29.5 Å². The normalized spacial score (nSPS) is 11.4. The first kappa shape index (κ1) is 22.7. The summed E-state index contributed by atoms with van der Waals surface area (Å²) >= 11 is 0. The molecule has 0 saturated heterocycles. The molecule has 3 N–H and O–H groups in total. The van der Waals surface area contributed by atoms with E-state index in [0.29, 0.717) is 18.9 Å². The fraction of sp³-hybridized carbons (Fsp3) is 0.172. The van der Waals surface area contributed by atoms with E-state index >= 15 is 0 Å². The zero-order valence-electron chi connectivity index (χ0n) is 20.9. The number of aromatic nitrogens is 6. The van der Waals surface area contributed by atoms with Gasteiger partial charge in [0.1, 0.15) is 11.3 Å². The Balaban J connectivity index is 1.21. The number of nitrogens with two attached hydrogens (primary N) is 1. The lowest BCUT2D eigenvalue weighted by atomic mass is 9.96. The van der Waals surface area contributed by atoms with E-state index in [2.05, 4.69) is 70.8 Å². The topological polar surface area (TPSA) is 99.5 Å². The number of aryl methyl sites for hydroxylation is 2. The van der Waals surface area contributed by atoms with E-state index in [9.17, 15) is 0 Å². The molecule has 0 spiro atoms. The van der Waals surface area contributed by atoms with Crippen LogP contribution in [0.25, 0.3) is 21.7 Å². The number of nitrogen functional groups attached to an aromatic ring is 1. The van der Waals surface area contributed by atoms with Gasteiger partial charge in [-0.2, -0.15) is 10.2 Å². The summed E-state index contributed by atoms with van der Waals surface area (Å²) in [6.07, 6.45) is 9.43. The van der Waals surface area contributed by atoms with Crippen LogP contribution in [0.5, 0.6) is 0 Å². The molecule has 0 aliphatic heterocycles. The fourth-order valence-corrected chi connectivity index (χ4v) is 4.90. The van der Waals surface area contributed by atoms with Gasteiger partial charge < -0.3 is 11.1 Å². The summed E-state index contributed by atoms with van der Waals surface area (Å²) in [6, 6.07) is 16.7. The highest BCUT2D eigenvalue weighted by molar-refractivity contribution is 5.94. The zero-order chi connectivity index (χ0) is 25.4. The first-order valence-electron chi connectivity index (χ1n) is 12.3. The number of hydrogen-bond donors (Lipinski definition) is 2. The summed E-state index contributed by atoms with van der Waals surface area (Å²) in [4.78, 5) is 8.84. The van der Waals surface area contributed by atoms with E-state index in [1.165, 1.54) is 27.8 Å². The molecule has 8 heteroatoms. The molecule has 0 aliphatic carbocycles. The van der Waals surface area contributed by atoms with Crippen LogP contribution in [0.3, 0.4) is 0 Å². The monoisotopic (exact) mass is 488 g/mol. The Morgan fingerprint density at radius 1 is 0.865 bits per heavy atom. The highest BCUT2D eigenvalue weighted by Crippen LogP contribution is 2.29. The maximum Gasteiger partial charge on any atom is 0.154 e. The molecule has 0 bridgehead atoms. The summed E-state index contributed by atoms with van der Waals surface area (Å²) in [5.74, 6) is 1.34. The third kappa shape index (κ3) is 4.49. The highest BCUT2D eigenvalue weighted by Gasteiger charge is 2.12. The van der Waals surface area contributed by atoms with Crippen LogP contribution in [0, 0.1) is 13.8 Å². The lowest BCUT2D eigenvalue weighted by Gasteiger charge is -2.15. The van der Waals surface area contributed by atoms with Crippen molar-refractivity contribution in [3.05, 3.63) is 107 Å². The van der Waals surface area contributed by atoms with Crippen molar-refractivity contribution < 1.29 is 0 Å². The van der Waals surface area contributed by atoms with E-state index < -0.39 is 0 Å². The Kier molecular flexibility index (Phi) is 5.76. The number of anilines is 2. The lowest BCUT2D eigenvalue weighted by molar-refractivity contribution is 0.682. The van der Waals surface area contributed by atoms with Crippen LogP contribution in [0.2, 0.25) is 0 Å². The Morgan fingerprint density at radius 2 is 1.62 bits per heavy atom. The van der Waals surface area contributed by atoms with Crippen molar-refractivity contribution in [3.8, 4) is 0 Å². The zero-order valence-corrected chi connectivity index (χ0v) is 20.9. The summed E-state index contributed by atoms with van der Waals surface area (Å²) in [7, 11) is 0. The van der Waals surface area contributed by atoms with E-state index in [-0.39, 0.29) is 0 Å². The quantitative estimate of drug-likeness (QED) is 0.325. The predicted molar refractivity (Wildman–Crippen MR) is 147 cm³/mol. The number of benzene rings is 2. The van der Waals surface area contributed by atoms with Crippen LogP contribution in [0.4, 0.5) is 11.6 Å².